The molecule has 94 valence electrons. The van der Waals surface area contributed by atoms with Crippen molar-refractivity contribution < 1.29 is 12.8 Å². The third kappa shape index (κ3) is 3.28. The molecule has 0 fully saturated rings. The van der Waals surface area contributed by atoms with E-state index in [2.05, 4.69) is 6.58 Å². The molecule has 0 heterocycles. The van der Waals surface area contributed by atoms with Crippen LogP contribution in [0, 0.1) is 5.82 Å². The van der Waals surface area contributed by atoms with Crippen LogP contribution in [-0.4, -0.2) is 26.3 Å². The number of rotatable bonds is 4. The molecular formula is C11H15FN2O2S. The molecule has 0 atom stereocenters. The highest BCUT2D eigenvalue weighted by molar-refractivity contribution is 7.89. The maximum absolute atomic E-state index is 13.1. The zero-order chi connectivity index (χ0) is 13.2. The average Bonchev–Trinajstić information content (AvgIpc) is 2.14. The van der Waals surface area contributed by atoms with E-state index in [9.17, 15) is 12.8 Å². The number of benzene rings is 1. The number of hydrogen-bond acceptors (Lipinski definition) is 3. The number of nitrogens with two attached hydrogens (primary N) is 1. The minimum atomic E-state index is -3.73. The minimum absolute atomic E-state index is 0.0762. The van der Waals surface area contributed by atoms with Crippen LogP contribution in [0.1, 0.15) is 6.92 Å². The summed E-state index contributed by atoms with van der Waals surface area (Å²) in [6, 6.07) is 3.24. The van der Waals surface area contributed by atoms with Gasteiger partial charge in [-0.3, -0.25) is 0 Å². The number of halogens is 1. The summed E-state index contributed by atoms with van der Waals surface area (Å²) in [7, 11) is -2.32. The smallest absolute Gasteiger partial charge is 0.243 e. The largest absolute Gasteiger partial charge is 0.399 e. The Labute approximate surface area is 101 Å². The maximum atomic E-state index is 13.1. The summed E-state index contributed by atoms with van der Waals surface area (Å²) < 4.78 is 38.3. The van der Waals surface area contributed by atoms with E-state index in [1.54, 1.807) is 6.92 Å². The molecule has 6 heteroatoms. The van der Waals surface area contributed by atoms with Crippen LogP contribution in [0.3, 0.4) is 0 Å². The van der Waals surface area contributed by atoms with Crippen molar-refractivity contribution in [2.75, 3.05) is 19.3 Å². The second-order valence-corrected chi connectivity index (χ2v) is 5.98. The van der Waals surface area contributed by atoms with E-state index in [0.717, 1.165) is 16.4 Å². The molecule has 1 aromatic carbocycles. The predicted molar refractivity (Wildman–Crippen MR) is 65.4 cm³/mol. The molecule has 0 aliphatic heterocycles. The topological polar surface area (TPSA) is 63.4 Å². The molecule has 0 aliphatic rings. The van der Waals surface area contributed by atoms with Crippen LogP contribution in [-0.2, 0) is 10.0 Å². The van der Waals surface area contributed by atoms with Gasteiger partial charge >= 0.3 is 0 Å². The van der Waals surface area contributed by atoms with Crippen LogP contribution < -0.4 is 5.73 Å². The van der Waals surface area contributed by atoms with Gasteiger partial charge in [-0.1, -0.05) is 12.2 Å². The molecule has 0 unspecified atom stereocenters. The molecule has 0 aromatic heterocycles. The highest BCUT2D eigenvalue weighted by Gasteiger charge is 2.21. The summed E-state index contributed by atoms with van der Waals surface area (Å²) in [6.07, 6.45) is 0. The molecular weight excluding hydrogens is 243 g/mol. The maximum Gasteiger partial charge on any atom is 0.243 e. The van der Waals surface area contributed by atoms with Gasteiger partial charge in [0.25, 0.3) is 0 Å². The third-order valence-corrected chi connectivity index (χ3v) is 3.88. The summed E-state index contributed by atoms with van der Waals surface area (Å²) in [5.41, 5.74) is 6.19. The zero-order valence-corrected chi connectivity index (χ0v) is 10.6. The molecule has 2 N–H and O–H groups in total. The molecule has 0 saturated carbocycles. The Morgan fingerprint density at radius 2 is 2.06 bits per heavy atom. The van der Waals surface area contributed by atoms with Gasteiger partial charge in [0, 0.05) is 19.3 Å². The van der Waals surface area contributed by atoms with Crippen molar-refractivity contribution >= 4 is 15.7 Å². The molecule has 0 aliphatic carbocycles. The monoisotopic (exact) mass is 258 g/mol. The number of nitrogen functional groups attached to an aromatic ring is 1. The number of likely N-dealkylation sites (N-methyl/N-ethyl adjacent to an activating group) is 1. The summed E-state index contributed by atoms with van der Waals surface area (Å²) in [6.45, 7) is 5.53. The molecule has 0 saturated heterocycles. The van der Waals surface area contributed by atoms with Gasteiger partial charge in [-0.25, -0.2) is 12.8 Å². The fourth-order valence-electron chi connectivity index (χ4n) is 1.38. The van der Waals surface area contributed by atoms with Crippen LogP contribution in [0.2, 0.25) is 0 Å². The van der Waals surface area contributed by atoms with Crippen molar-refractivity contribution in [1.82, 2.24) is 4.31 Å². The Morgan fingerprint density at radius 3 is 2.53 bits per heavy atom. The van der Waals surface area contributed by atoms with Crippen LogP contribution >= 0.6 is 0 Å². The summed E-state index contributed by atoms with van der Waals surface area (Å²) >= 11 is 0. The molecule has 17 heavy (non-hydrogen) atoms. The van der Waals surface area contributed by atoms with E-state index in [-0.39, 0.29) is 17.1 Å². The lowest BCUT2D eigenvalue weighted by molar-refractivity contribution is 0.492. The Bertz CT molecular complexity index is 520. The first-order valence-electron chi connectivity index (χ1n) is 4.90. The van der Waals surface area contributed by atoms with Gasteiger partial charge in [0.15, 0.2) is 0 Å². The first-order chi connectivity index (χ1) is 7.73. The molecule has 1 rings (SSSR count). The normalized spacial score (nSPS) is 11.8. The Kier molecular flexibility index (Phi) is 3.90. The first kappa shape index (κ1) is 13.7. The van der Waals surface area contributed by atoms with Gasteiger partial charge in [-0.15, -0.1) is 0 Å². The van der Waals surface area contributed by atoms with Gasteiger partial charge in [-0.05, 0) is 25.1 Å². The Hall–Kier alpha value is -1.40. The van der Waals surface area contributed by atoms with E-state index in [1.165, 1.54) is 13.1 Å². The Balaban J connectivity index is 3.17. The van der Waals surface area contributed by atoms with E-state index in [0.29, 0.717) is 5.57 Å². The van der Waals surface area contributed by atoms with Gasteiger partial charge in [-0.2, -0.15) is 4.31 Å². The van der Waals surface area contributed by atoms with Crippen molar-refractivity contribution in [3.8, 4) is 0 Å². The molecule has 1 aromatic rings. The lowest BCUT2D eigenvalue weighted by Gasteiger charge is -2.17. The molecule has 0 spiro atoms. The minimum Gasteiger partial charge on any atom is -0.399 e. The van der Waals surface area contributed by atoms with Crippen LogP contribution in [0.4, 0.5) is 10.1 Å². The van der Waals surface area contributed by atoms with Crippen LogP contribution in [0.5, 0.6) is 0 Å². The van der Waals surface area contributed by atoms with Crippen molar-refractivity contribution in [2.45, 2.75) is 11.8 Å². The van der Waals surface area contributed by atoms with E-state index < -0.39 is 15.8 Å². The van der Waals surface area contributed by atoms with Gasteiger partial charge in [0.2, 0.25) is 10.0 Å². The fourth-order valence-corrected chi connectivity index (χ4v) is 2.68. The highest BCUT2D eigenvalue weighted by Crippen LogP contribution is 2.19. The summed E-state index contributed by atoms with van der Waals surface area (Å²) in [5.74, 6) is -0.674. The second-order valence-electron chi connectivity index (χ2n) is 3.94. The number of nitrogens with zero attached hydrogens (tertiary/aromatic N) is 1. The van der Waals surface area contributed by atoms with Crippen molar-refractivity contribution in [2.24, 2.45) is 0 Å². The quantitative estimate of drug-likeness (QED) is 0.659. The van der Waals surface area contributed by atoms with Gasteiger partial charge in [0.05, 0.1) is 4.90 Å². The van der Waals surface area contributed by atoms with Gasteiger partial charge in [0.1, 0.15) is 5.82 Å². The Morgan fingerprint density at radius 1 is 1.47 bits per heavy atom. The lowest BCUT2D eigenvalue weighted by Crippen LogP contribution is -2.28. The number of sulfonamides is 1. The zero-order valence-electron chi connectivity index (χ0n) is 9.77. The van der Waals surface area contributed by atoms with E-state index in [1.807, 2.05) is 0 Å². The van der Waals surface area contributed by atoms with E-state index >= 15 is 0 Å². The number of hydrogen-bond donors (Lipinski definition) is 1. The lowest BCUT2D eigenvalue weighted by atomic mass is 10.3. The van der Waals surface area contributed by atoms with Crippen LogP contribution in [0.25, 0.3) is 0 Å². The molecule has 4 nitrogen and oxygen atoms in total. The predicted octanol–water partition coefficient (Wildman–Crippen LogP) is 1.60. The second kappa shape index (κ2) is 4.85. The van der Waals surface area contributed by atoms with Crippen LogP contribution in [0.15, 0.2) is 35.2 Å². The molecule has 0 radical (unpaired) electrons. The first-order valence-corrected chi connectivity index (χ1v) is 6.34. The van der Waals surface area contributed by atoms with Gasteiger partial charge < -0.3 is 5.73 Å². The van der Waals surface area contributed by atoms with Crippen molar-refractivity contribution in [3.05, 3.63) is 36.2 Å². The fraction of sp³-hybridized carbons (Fsp3) is 0.273. The third-order valence-electron chi connectivity index (χ3n) is 2.09. The molecule has 0 amide bonds. The van der Waals surface area contributed by atoms with E-state index in [4.69, 9.17) is 5.73 Å². The van der Waals surface area contributed by atoms with Crippen molar-refractivity contribution in [3.63, 3.8) is 0 Å². The SMILES string of the molecule is C=C(C)CN(C)S(=O)(=O)c1cc(N)cc(F)c1. The average molecular weight is 258 g/mol. The highest BCUT2D eigenvalue weighted by atomic mass is 32.2. The van der Waals surface area contributed by atoms with Crippen molar-refractivity contribution in [1.29, 1.82) is 0 Å². The summed E-state index contributed by atoms with van der Waals surface area (Å²) in [5, 5.41) is 0. The number of anilines is 1. The summed E-state index contributed by atoms with van der Waals surface area (Å²) in [4.78, 5) is -0.154. The standard InChI is InChI=1S/C11H15FN2O2S/c1-8(2)7-14(3)17(15,16)11-5-9(12)4-10(13)6-11/h4-6H,1,7,13H2,2-3H3. The molecule has 0 bridgehead atoms.